The van der Waals surface area contributed by atoms with Gasteiger partial charge in [0.2, 0.25) is 0 Å². The maximum absolute atomic E-state index is 5.02. The van der Waals surface area contributed by atoms with Crippen LogP contribution in [-0.2, 0) is 11.4 Å². The molecule has 1 aromatic heterocycles. The highest BCUT2D eigenvalue weighted by atomic mass is 16.6. The van der Waals surface area contributed by atoms with Gasteiger partial charge in [0.15, 0.2) is 5.82 Å². The van der Waals surface area contributed by atoms with E-state index in [1.54, 1.807) is 0 Å². The highest BCUT2D eigenvalue weighted by molar-refractivity contribution is 4.96. The van der Waals surface area contributed by atoms with Gasteiger partial charge in [-0.2, -0.15) is 4.98 Å². The molecule has 2 N–H and O–H groups in total. The number of nitrogens with zero attached hydrogens (tertiary/aromatic N) is 2. The smallest absolute Gasteiger partial charge is 0.254 e. The van der Waals surface area contributed by atoms with Gasteiger partial charge in [-0.3, -0.25) is 4.84 Å². The van der Waals surface area contributed by atoms with Crippen LogP contribution < -0.4 is 5.90 Å². The third-order valence-corrected chi connectivity index (χ3v) is 3.07. The molecule has 0 amide bonds. The second-order valence-corrected chi connectivity index (χ2v) is 4.31. The van der Waals surface area contributed by atoms with Gasteiger partial charge in [0.1, 0.15) is 6.61 Å². The standard InChI is InChI=1S/C10H17N3O2/c1-7-2-4-8(5-3-7)10-12-9(6-14-11)15-13-10/h7-8H,2-6,11H2,1H3. The average Bonchev–Trinajstić information content (AvgIpc) is 2.68. The van der Waals surface area contributed by atoms with Crippen molar-refractivity contribution in [1.82, 2.24) is 10.1 Å². The van der Waals surface area contributed by atoms with Gasteiger partial charge >= 0.3 is 0 Å². The SMILES string of the molecule is CC1CCC(c2noc(CON)n2)CC1. The molecule has 2 rings (SSSR count). The summed E-state index contributed by atoms with van der Waals surface area (Å²) in [6.07, 6.45) is 4.82. The van der Waals surface area contributed by atoms with E-state index in [1.807, 2.05) is 0 Å². The highest BCUT2D eigenvalue weighted by Gasteiger charge is 2.23. The third kappa shape index (κ3) is 2.54. The van der Waals surface area contributed by atoms with Crippen molar-refractivity contribution >= 4 is 0 Å². The Balaban J connectivity index is 1.96. The van der Waals surface area contributed by atoms with Crippen LogP contribution in [0.2, 0.25) is 0 Å². The van der Waals surface area contributed by atoms with Crippen LogP contribution in [-0.4, -0.2) is 10.1 Å². The van der Waals surface area contributed by atoms with E-state index in [9.17, 15) is 0 Å². The van der Waals surface area contributed by atoms with E-state index in [-0.39, 0.29) is 6.61 Å². The summed E-state index contributed by atoms with van der Waals surface area (Å²) in [7, 11) is 0. The van der Waals surface area contributed by atoms with Crippen LogP contribution in [0.3, 0.4) is 0 Å². The summed E-state index contributed by atoms with van der Waals surface area (Å²) in [6.45, 7) is 2.48. The molecule has 84 valence electrons. The number of nitrogens with two attached hydrogens (primary N) is 1. The fourth-order valence-corrected chi connectivity index (χ4v) is 2.08. The Hall–Kier alpha value is -0.940. The molecule has 15 heavy (non-hydrogen) atoms. The maximum atomic E-state index is 5.02. The number of hydrogen-bond acceptors (Lipinski definition) is 5. The molecule has 0 atom stereocenters. The number of hydrogen-bond donors (Lipinski definition) is 1. The van der Waals surface area contributed by atoms with E-state index in [2.05, 4.69) is 21.9 Å². The number of aromatic nitrogens is 2. The summed E-state index contributed by atoms with van der Waals surface area (Å²) in [6, 6.07) is 0. The maximum Gasteiger partial charge on any atom is 0.254 e. The minimum Gasteiger partial charge on any atom is -0.337 e. The van der Waals surface area contributed by atoms with Crippen LogP contribution in [0.5, 0.6) is 0 Å². The van der Waals surface area contributed by atoms with Crippen LogP contribution >= 0.6 is 0 Å². The van der Waals surface area contributed by atoms with Gasteiger partial charge in [-0.05, 0) is 18.8 Å². The fraction of sp³-hybridized carbons (Fsp3) is 0.800. The lowest BCUT2D eigenvalue weighted by Crippen LogP contribution is -2.12. The van der Waals surface area contributed by atoms with E-state index in [0.29, 0.717) is 11.8 Å². The second-order valence-electron chi connectivity index (χ2n) is 4.31. The summed E-state index contributed by atoms with van der Waals surface area (Å²) in [4.78, 5) is 8.72. The molecule has 0 radical (unpaired) electrons. The molecular weight excluding hydrogens is 194 g/mol. The Morgan fingerprint density at radius 2 is 2.13 bits per heavy atom. The van der Waals surface area contributed by atoms with E-state index in [0.717, 1.165) is 24.6 Å². The van der Waals surface area contributed by atoms with Gasteiger partial charge in [-0.1, -0.05) is 24.9 Å². The van der Waals surface area contributed by atoms with Crippen LogP contribution in [0.15, 0.2) is 4.52 Å². The van der Waals surface area contributed by atoms with Crippen molar-refractivity contribution in [2.24, 2.45) is 11.8 Å². The average molecular weight is 211 g/mol. The first-order valence-electron chi connectivity index (χ1n) is 5.43. The topological polar surface area (TPSA) is 74.2 Å². The molecule has 1 aliphatic carbocycles. The van der Waals surface area contributed by atoms with Crippen molar-refractivity contribution in [3.8, 4) is 0 Å². The van der Waals surface area contributed by atoms with E-state index in [4.69, 9.17) is 10.4 Å². The van der Waals surface area contributed by atoms with Crippen LogP contribution in [0.25, 0.3) is 0 Å². The zero-order valence-corrected chi connectivity index (χ0v) is 8.98. The predicted octanol–water partition coefficient (Wildman–Crippen LogP) is 1.75. The first kappa shape index (κ1) is 10.6. The summed E-state index contributed by atoms with van der Waals surface area (Å²) in [5.74, 6) is 7.50. The first-order valence-corrected chi connectivity index (χ1v) is 5.43. The molecule has 5 heteroatoms. The van der Waals surface area contributed by atoms with Gasteiger partial charge in [0, 0.05) is 5.92 Å². The lowest BCUT2D eigenvalue weighted by Gasteiger charge is -2.23. The van der Waals surface area contributed by atoms with Gasteiger partial charge in [0.05, 0.1) is 0 Å². The minimum atomic E-state index is 0.191. The molecule has 1 saturated carbocycles. The fourth-order valence-electron chi connectivity index (χ4n) is 2.08. The largest absolute Gasteiger partial charge is 0.337 e. The van der Waals surface area contributed by atoms with Crippen molar-refractivity contribution in [2.75, 3.05) is 0 Å². The van der Waals surface area contributed by atoms with Crippen molar-refractivity contribution in [1.29, 1.82) is 0 Å². The Morgan fingerprint density at radius 1 is 1.40 bits per heavy atom. The Kier molecular flexibility index (Phi) is 3.33. The molecule has 1 fully saturated rings. The summed E-state index contributed by atoms with van der Waals surface area (Å²) >= 11 is 0. The molecule has 0 bridgehead atoms. The van der Waals surface area contributed by atoms with Gasteiger partial charge in [-0.25, -0.2) is 5.90 Å². The second kappa shape index (κ2) is 4.72. The monoisotopic (exact) mass is 211 g/mol. The van der Waals surface area contributed by atoms with Crippen molar-refractivity contribution in [3.63, 3.8) is 0 Å². The molecule has 1 aliphatic rings. The predicted molar refractivity (Wildman–Crippen MR) is 53.6 cm³/mol. The Labute approximate surface area is 88.9 Å². The molecule has 0 spiro atoms. The minimum absolute atomic E-state index is 0.191. The zero-order chi connectivity index (χ0) is 10.7. The molecule has 1 heterocycles. The van der Waals surface area contributed by atoms with Gasteiger partial charge < -0.3 is 4.52 Å². The van der Waals surface area contributed by atoms with Gasteiger partial charge in [0.25, 0.3) is 5.89 Å². The van der Waals surface area contributed by atoms with E-state index < -0.39 is 0 Å². The summed E-state index contributed by atoms with van der Waals surface area (Å²) < 4.78 is 5.02. The molecule has 1 aromatic rings. The molecule has 0 unspecified atom stereocenters. The van der Waals surface area contributed by atoms with Crippen LogP contribution in [0.4, 0.5) is 0 Å². The molecule has 0 aromatic carbocycles. The molecule has 0 saturated heterocycles. The normalized spacial score (nSPS) is 26.8. The van der Waals surface area contributed by atoms with E-state index in [1.165, 1.54) is 12.8 Å². The summed E-state index contributed by atoms with van der Waals surface area (Å²) in [5, 5.41) is 3.96. The van der Waals surface area contributed by atoms with E-state index >= 15 is 0 Å². The third-order valence-electron chi connectivity index (χ3n) is 3.07. The van der Waals surface area contributed by atoms with Crippen molar-refractivity contribution < 1.29 is 9.36 Å². The van der Waals surface area contributed by atoms with Crippen molar-refractivity contribution in [2.45, 2.75) is 45.1 Å². The quantitative estimate of drug-likeness (QED) is 0.771. The van der Waals surface area contributed by atoms with Crippen LogP contribution in [0, 0.1) is 5.92 Å². The highest BCUT2D eigenvalue weighted by Crippen LogP contribution is 2.33. The summed E-state index contributed by atoms with van der Waals surface area (Å²) in [5.41, 5.74) is 0. The zero-order valence-electron chi connectivity index (χ0n) is 8.98. The molecule has 5 nitrogen and oxygen atoms in total. The Bertz CT molecular complexity index is 305. The number of rotatable bonds is 3. The van der Waals surface area contributed by atoms with Crippen molar-refractivity contribution in [3.05, 3.63) is 11.7 Å². The van der Waals surface area contributed by atoms with Gasteiger partial charge in [-0.15, -0.1) is 0 Å². The lowest BCUT2D eigenvalue weighted by atomic mass is 9.83. The Morgan fingerprint density at radius 3 is 2.80 bits per heavy atom. The lowest BCUT2D eigenvalue weighted by molar-refractivity contribution is 0.0995. The first-order chi connectivity index (χ1) is 7.29. The van der Waals surface area contributed by atoms with Crippen LogP contribution in [0.1, 0.15) is 50.2 Å². The molecule has 0 aliphatic heterocycles. The molecular formula is C10H17N3O2.